The fourth-order valence-corrected chi connectivity index (χ4v) is 5.23. The van der Waals surface area contributed by atoms with E-state index >= 15 is 0 Å². The SMILES string of the molecule is CCCC(NC(=O)[C@@H]1CCCC[C@@H]1NC(=O)OCC1c2ccccc2-c2ccccc21)C(=O)O. The zero-order valence-electron chi connectivity index (χ0n) is 19.5. The van der Waals surface area contributed by atoms with Crippen LogP contribution >= 0.6 is 0 Å². The highest BCUT2D eigenvalue weighted by atomic mass is 16.5. The quantitative estimate of drug-likeness (QED) is 0.535. The zero-order valence-corrected chi connectivity index (χ0v) is 19.5. The Balaban J connectivity index is 1.38. The minimum Gasteiger partial charge on any atom is -0.480 e. The first-order valence-corrected chi connectivity index (χ1v) is 12.1. The highest BCUT2D eigenvalue weighted by Gasteiger charge is 2.35. The van der Waals surface area contributed by atoms with E-state index in [4.69, 9.17) is 4.74 Å². The van der Waals surface area contributed by atoms with E-state index in [0.717, 1.165) is 35.1 Å². The molecule has 2 aromatic carbocycles. The predicted molar refractivity (Wildman–Crippen MR) is 128 cm³/mol. The average molecular weight is 465 g/mol. The highest BCUT2D eigenvalue weighted by molar-refractivity contribution is 5.86. The van der Waals surface area contributed by atoms with Gasteiger partial charge in [0.1, 0.15) is 12.6 Å². The monoisotopic (exact) mass is 464 g/mol. The number of ether oxygens (including phenoxy) is 1. The summed E-state index contributed by atoms with van der Waals surface area (Å²) < 4.78 is 5.65. The highest BCUT2D eigenvalue weighted by Crippen LogP contribution is 2.44. The van der Waals surface area contributed by atoms with Gasteiger partial charge in [-0.05, 0) is 41.5 Å². The maximum Gasteiger partial charge on any atom is 0.407 e. The summed E-state index contributed by atoms with van der Waals surface area (Å²) in [5, 5.41) is 14.9. The maximum absolute atomic E-state index is 12.9. The van der Waals surface area contributed by atoms with Crippen LogP contribution in [0.2, 0.25) is 0 Å². The fraction of sp³-hybridized carbons (Fsp3) is 0.444. The number of carbonyl (C=O) groups is 3. The zero-order chi connectivity index (χ0) is 24.1. The third kappa shape index (κ3) is 5.08. The molecule has 3 atom stereocenters. The molecule has 0 spiro atoms. The number of carboxylic acids is 1. The molecular formula is C27H32N2O5. The molecule has 2 aliphatic carbocycles. The van der Waals surface area contributed by atoms with E-state index in [0.29, 0.717) is 25.7 Å². The first-order chi connectivity index (χ1) is 16.5. The second-order valence-electron chi connectivity index (χ2n) is 9.16. The summed E-state index contributed by atoms with van der Waals surface area (Å²) in [4.78, 5) is 37.0. The summed E-state index contributed by atoms with van der Waals surface area (Å²) in [6, 6.07) is 15.0. The molecule has 0 aliphatic heterocycles. The molecule has 7 nitrogen and oxygen atoms in total. The van der Waals surface area contributed by atoms with Crippen molar-refractivity contribution in [3.8, 4) is 11.1 Å². The molecule has 0 heterocycles. The van der Waals surface area contributed by atoms with Crippen LogP contribution in [-0.4, -0.2) is 41.8 Å². The van der Waals surface area contributed by atoms with E-state index in [1.807, 2.05) is 31.2 Å². The maximum atomic E-state index is 12.9. The first kappa shape index (κ1) is 23.8. The molecule has 1 saturated carbocycles. The molecule has 0 saturated heterocycles. The average Bonchev–Trinajstić information content (AvgIpc) is 3.16. The second-order valence-corrected chi connectivity index (χ2v) is 9.16. The number of rotatable bonds is 8. The van der Waals surface area contributed by atoms with Crippen LogP contribution in [-0.2, 0) is 14.3 Å². The van der Waals surface area contributed by atoms with Crippen LogP contribution in [0.1, 0.15) is 62.5 Å². The normalized spacial score (nSPS) is 20.0. The number of benzene rings is 2. The van der Waals surface area contributed by atoms with Crippen molar-refractivity contribution < 1.29 is 24.2 Å². The van der Waals surface area contributed by atoms with Gasteiger partial charge in [-0.25, -0.2) is 9.59 Å². The molecule has 0 radical (unpaired) electrons. The smallest absolute Gasteiger partial charge is 0.407 e. The van der Waals surface area contributed by atoms with Gasteiger partial charge in [0.2, 0.25) is 5.91 Å². The van der Waals surface area contributed by atoms with Crippen LogP contribution in [0.5, 0.6) is 0 Å². The Kier molecular flexibility index (Phi) is 7.50. The molecule has 0 bridgehead atoms. The standard InChI is InChI=1S/C27H32N2O5/c1-2-9-24(26(31)32)28-25(30)21-14-7-8-15-23(21)29-27(33)34-16-22-19-12-5-3-10-17(19)18-11-4-6-13-20(18)22/h3-6,10-13,21-24H,2,7-9,14-16H2,1H3,(H,28,30)(H,29,33)(H,31,32)/t21-,23+,24?/m1/s1. The Morgan fingerprint density at radius 2 is 1.62 bits per heavy atom. The van der Waals surface area contributed by atoms with E-state index < -0.39 is 24.0 Å². The number of alkyl carbamates (subject to hydrolysis) is 1. The predicted octanol–water partition coefficient (Wildman–Crippen LogP) is 4.45. The van der Waals surface area contributed by atoms with E-state index in [-0.39, 0.29) is 24.5 Å². The van der Waals surface area contributed by atoms with Gasteiger partial charge >= 0.3 is 12.1 Å². The molecule has 180 valence electrons. The minimum absolute atomic E-state index is 0.0334. The first-order valence-electron chi connectivity index (χ1n) is 12.1. The van der Waals surface area contributed by atoms with Gasteiger partial charge in [0, 0.05) is 12.0 Å². The van der Waals surface area contributed by atoms with Crippen molar-refractivity contribution in [2.75, 3.05) is 6.61 Å². The Morgan fingerprint density at radius 1 is 1.00 bits per heavy atom. The third-order valence-electron chi connectivity index (χ3n) is 6.94. The fourth-order valence-electron chi connectivity index (χ4n) is 5.23. The number of amides is 2. The van der Waals surface area contributed by atoms with Crippen LogP contribution in [0.3, 0.4) is 0 Å². The van der Waals surface area contributed by atoms with Crippen molar-refractivity contribution >= 4 is 18.0 Å². The second kappa shape index (κ2) is 10.7. The van der Waals surface area contributed by atoms with Crippen LogP contribution < -0.4 is 10.6 Å². The molecule has 2 aliphatic rings. The van der Waals surface area contributed by atoms with Gasteiger partial charge in [-0.1, -0.05) is 74.7 Å². The molecule has 1 fully saturated rings. The summed E-state index contributed by atoms with van der Waals surface area (Å²) in [5.74, 6) is -1.85. The minimum atomic E-state index is -1.04. The van der Waals surface area contributed by atoms with Gasteiger partial charge in [0.05, 0.1) is 5.92 Å². The number of nitrogens with one attached hydrogen (secondary N) is 2. The van der Waals surface area contributed by atoms with Gasteiger partial charge in [0.15, 0.2) is 0 Å². The van der Waals surface area contributed by atoms with Crippen molar-refractivity contribution in [1.29, 1.82) is 0 Å². The van der Waals surface area contributed by atoms with Crippen molar-refractivity contribution in [3.63, 3.8) is 0 Å². The lowest BCUT2D eigenvalue weighted by Crippen LogP contribution is -2.51. The molecule has 7 heteroatoms. The number of fused-ring (bicyclic) bond motifs is 3. The van der Waals surface area contributed by atoms with Crippen molar-refractivity contribution in [2.45, 2.75) is 63.5 Å². The number of carbonyl (C=O) groups excluding carboxylic acids is 2. The topological polar surface area (TPSA) is 105 Å². The van der Waals surface area contributed by atoms with Gasteiger partial charge in [-0.3, -0.25) is 4.79 Å². The largest absolute Gasteiger partial charge is 0.480 e. The molecule has 2 aromatic rings. The Hall–Kier alpha value is -3.35. The van der Waals surface area contributed by atoms with Gasteiger partial charge < -0.3 is 20.5 Å². The van der Waals surface area contributed by atoms with Gasteiger partial charge in [-0.2, -0.15) is 0 Å². The van der Waals surface area contributed by atoms with Crippen molar-refractivity contribution in [2.24, 2.45) is 5.92 Å². The summed E-state index contributed by atoms with van der Waals surface area (Å²) >= 11 is 0. The molecule has 2 amide bonds. The summed E-state index contributed by atoms with van der Waals surface area (Å²) in [5.41, 5.74) is 4.61. The van der Waals surface area contributed by atoms with Gasteiger partial charge in [-0.15, -0.1) is 0 Å². The van der Waals surface area contributed by atoms with Crippen LogP contribution in [0.4, 0.5) is 4.79 Å². The van der Waals surface area contributed by atoms with E-state index in [9.17, 15) is 19.5 Å². The van der Waals surface area contributed by atoms with Crippen LogP contribution in [0.15, 0.2) is 48.5 Å². The Labute approximate surface area is 199 Å². The summed E-state index contributed by atoms with van der Waals surface area (Å²) in [7, 11) is 0. The molecule has 3 N–H and O–H groups in total. The van der Waals surface area contributed by atoms with Gasteiger partial charge in [0.25, 0.3) is 0 Å². The van der Waals surface area contributed by atoms with Crippen LogP contribution in [0.25, 0.3) is 11.1 Å². The lowest BCUT2D eigenvalue weighted by Gasteiger charge is -2.31. The number of hydrogen-bond donors (Lipinski definition) is 3. The number of aliphatic carboxylic acids is 1. The van der Waals surface area contributed by atoms with Crippen LogP contribution in [0, 0.1) is 5.92 Å². The summed E-state index contributed by atoms with van der Waals surface area (Å²) in [6.07, 6.45) is 3.52. The number of carboxylic acid groups (broad SMARTS) is 1. The molecule has 1 unspecified atom stereocenters. The molecular weight excluding hydrogens is 432 g/mol. The summed E-state index contributed by atoms with van der Waals surface area (Å²) in [6.45, 7) is 2.09. The Bertz CT molecular complexity index is 1010. The molecule has 4 rings (SSSR count). The molecule has 0 aromatic heterocycles. The van der Waals surface area contributed by atoms with E-state index in [1.54, 1.807) is 0 Å². The van der Waals surface area contributed by atoms with Crippen molar-refractivity contribution in [1.82, 2.24) is 10.6 Å². The third-order valence-corrected chi connectivity index (χ3v) is 6.94. The van der Waals surface area contributed by atoms with E-state index in [1.165, 1.54) is 0 Å². The van der Waals surface area contributed by atoms with E-state index in [2.05, 4.69) is 34.9 Å². The Morgan fingerprint density at radius 3 is 2.24 bits per heavy atom. The van der Waals surface area contributed by atoms with Crippen molar-refractivity contribution in [3.05, 3.63) is 59.7 Å². The lowest BCUT2D eigenvalue weighted by molar-refractivity contribution is -0.143. The number of hydrogen-bond acceptors (Lipinski definition) is 4. The molecule has 34 heavy (non-hydrogen) atoms. The lowest BCUT2D eigenvalue weighted by atomic mass is 9.83.